The number of benzene rings is 16. The summed E-state index contributed by atoms with van der Waals surface area (Å²) in [4.78, 5) is 5.30. The van der Waals surface area contributed by atoms with E-state index in [9.17, 15) is 0 Å². The van der Waals surface area contributed by atoms with E-state index in [1.807, 2.05) is 11.3 Å². The summed E-state index contributed by atoms with van der Waals surface area (Å²) in [5, 5.41) is 4.64. The Hall–Kier alpha value is -12.8. The smallest absolute Gasteiger partial charge is 0.258 e. The van der Waals surface area contributed by atoms with Crippen LogP contribution in [0.1, 0.15) is 0 Å². The molecule has 0 unspecified atom stereocenters. The van der Waals surface area contributed by atoms with Gasteiger partial charge in [-0.25, -0.2) is 0 Å². The first kappa shape index (κ1) is 58.4. The molecule has 20 rings (SSSR count). The summed E-state index contributed by atoms with van der Waals surface area (Å²) in [6.07, 6.45) is 0. The van der Waals surface area contributed by atoms with Gasteiger partial charge in [0.15, 0.2) is 0 Å². The van der Waals surface area contributed by atoms with Crippen molar-refractivity contribution in [2.24, 2.45) is 0 Å². The highest BCUT2D eigenvalue weighted by molar-refractivity contribution is 7.28. The number of hydrogen-bond acceptors (Lipinski definition) is 4. The number of para-hydroxylation sites is 1. The Labute approximate surface area is 591 Å². The lowest BCUT2D eigenvalue weighted by Gasteiger charge is -2.45. The normalized spacial score (nSPS) is 12.3. The van der Waals surface area contributed by atoms with Gasteiger partial charge >= 0.3 is 0 Å². The molecule has 0 aliphatic carbocycles. The highest BCUT2D eigenvalue weighted by Crippen LogP contribution is 2.55. The molecule has 2 aromatic heterocycles. The number of anilines is 6. The number of hydrogen-bond donors (Lipinski definition) is 0. The third-order valence-electron chi connectivity index (χ3n) is 20.8. The molecular formula is C96H61BN2OS. The summed E-state index contributed by atoms with van der Waals surface area (Å²) in [5.74, 6) is 0. The van der Waals surface area contributed by atoms with E-state index in [2.05, 4.69) is 380 Å². The van der Waals surface area contributed by atoms with Crippen LogP contribution < -0.4 is 26.2 Å². The molecule has 0 amide bonds. The number of rotatable bonds is 11. The molecule has 2 aliphatic rings. The van der Waals surface area contributed by atoms with Gasteiger partial charge in [-0.15, -0.1) is 11.3 Å². The lowest BCUT2D eigenvalue weighted by molar-refractivity contribution is 0.671. The van der Waals surface area contributed by atoms with Crippen LogP contribution in [0.25, 0.3) is 142 Å². The molecule has 0 saturated heterocycles. The van der Waals surface area contributed by atoms with Gasteiger partial charge in [-0.05, 0) is 178 Å². The summed E-state index contributed by atoms with van der Waals surface area (Å²) in [7, 11) is 0. The molecule has 16 aromatic carbocycles. The van der Waals surface area contributed by atoms with Gasteiger partial charge in [0.2, 0.25) is 0 Å². The largest absolute Gasteiger partial charge is 0.456 e. The maximum absolute atomic E-state index is 7.85. The van der Waals surface area contributed by atoms with Gasteiger partial charge in [0.05, 0.1) is 11.4 Å². The molecule has 18 aromatic rings. The molecule has 0 spiro atoms. The van der Waals surface area contributed by atoms with Gasteiger partial charge in [0.25, 0.3) is 6.71 Å². The molecule has 4 heterocycles. The lowest BCUT2D eigenvalue weighted by atomic mass is 9.33. The van der Waals surface area contributed by atoms with E-state index >= 15 is 0 Å². The Balaban J connectivity index is 0.988. The van der Waals surface area contributed by atoms with E-state index in [0.29, 0.717) is 0 Å². The average Bonchev–Trinajstić information content (AvgIpc) is 1.66. The van der Waals surface area contributed by atoms with Crippen molar-refractivity contribution in [3.8, 4) is 100 Å². The maximum atomic E-state index is 7.85. The predicted molar refractivity (Wildman–Crippen MR) is 430 cm³/mol. The van der Waals surface area contributed by atoms with E-state index in [-0.39, 0.29) is 6.71 Å². The van der Waals surface area contributed by atoms with Crippen LogP contribution >= 0.6 is 11.3 Å². The van der Waals surface area contributed by atoms with Gasteiger partial charge in [-0.1, -0.05) is 297 Å². The van der Waals surface area contributed by atoms with Crippen molar-refractivity contribution >= 4 is 111 Å². The predicted octanol–water partition coefficient (Wildman–Crippen LogP) is 25.0. The van der Waals surface area contributed by atoms with Gasteiger partial charge in [0, 0.05) is 64.8 Å². The highest BCUT2D eigenvalue weighted by atomic mass is 32.1. The summed E-state index contributed by atoms with van der Waals surface area (Å²) in [5.41, 5.74) is 32.2. The van der Waals surface area contributed by atoms with Crippen molar-refractivity contribution in [2.75, 3.05) is 9.80 Å². The van der Waals surface area contributed by atoms with Gasteiger partial charge in [-0.3, -0.25) is 0 Å². The summed E-state index contributed by atoms with van der Waals surface area (Å²) in [6.45, 7) is -0.386. The zero-order chi connectivity index (χ0) is 66.5. The number of furan rings is 1. The highest BCUT2D eigenvalue weighted by Gasteiger charge is 2.48. The Morgan fingerprint density at radius 3 is 1.08 bits per heavy atom. The summed E-state index contributed by atoms with van der Waals surface area (Å²) in [6, 6.07) is 137. The summed E-state index contributed by atoms with van der Waals surface area (Å²) >= 11 is 1.92. The molecule has 0 atom stereocenters. The number of thiophene rings is 1. The quantitative estimate of drug-likeness (QED) is 0.120. The Morgan fingerprint density at radius 1 is 0.228 bits per heavy atom. The number of nitrogens with zero attached hydrogens (tertiary/aromatic N) is 2. The second-order valence-electron chi connectivity index (χ2n) is 26.5. The first-order chi connectivity index (χ1) is 50.1. The van der Waals surface area contributed by atoms with Crippen molar-refractivity contribution in [1.29, 1.82) is 0 Å². The van der Waals surface area contributed by atoms with Crippen LogP contribution in [0.3, 0.4) is 0 Å². The fraction of sp³-hybridized carbons (Fsp3) is 0. The van der Waals surface area contributed by atoms with Crippen molar-refractivity contribution < 1.29 is 4.42 Å². The maximum Gasteiger partial charge on any atom is 0.258 e. The Morgan fingerprint density at radius 2 is 0.594 bits per heavy atom. The van der Waals surface area contributed by atoms with Crippen molar-refractivity contribution in [1.82, 2.24) is 0 Å². The zero-order valence-electron chi connectivity index (χ0n) is 55.0. The van der Waals surface area contributed by atoms with Gasteiger partial charge in [0.1, 0.15) is 11.2 Å². The van der Waals surface area contributed by atoms with Gasteiger partial charge < -0.3 is 14.2 Å². The fourth-order valence-corrected chi connectivity index (χ4v) is 17.6. The standard InChI is InChI=1S/C96H61BN2OS/c1-8-28-62(29-9-1)69-42-26-44-73(54-69)80-60-86-93(95-90(80)76-46-22-24-48-88(76)100-95)97-92-84(98(86)82-52-50-71(64-32-12-3-13-33-64)56-78(82)67-38-18-6-19-39-67)58-75(66-36-16-5-17-37-66)59-85(92)99(83-53-51-72(65-34-14-4-15-35-65)57-79(83)68-40-20-7-21-41-68)87-61-81(74-45-27-43-70(55-74)63-30-10-2-11-31-63)91-77-47-23-25-49-89(77)101-96(91)94(87)97/h1-61H. The molecule has 2 aliphatic heterocycles. The van der Waals surface area contributed by atoms with Crippen LogP contribution in [0.2, 0.25) is 0 Å². The van der Waals surface area contributed by atoms with Crippen LogP contribution in [0, 0.1) is 0 Å². The first-order valence-electron chi connectivity index (χ1n) is 34.7. The second-order valence-corrected chi connectivity index (χ2v) is 27.6. The van der Waals surface area contributed by atoms with E-state index in [0.717, 1.165) is 145 Å². The molecule has 5 heteroatoms. The van der Waals surface area contributed by atoms with E-state index in [1.165, 1.54) is 47.8 Å². The zero-order valence-corrected chi connectivity index (χ0v) is 55.8. The van der Waals surface area contributed by atoms with Crippen molar-refractivity contribution in [2.45, 2.75) is 0 Å². The van der Waals surface area contributed by atoms with E-state index < -0.39 is 0 Å². The van der Waals surface area contributed by atoms with Crippen molar-refractivity contribution in [3.63, 3.8) is 0 Å². The fourth-order valence-electron chi connectivity index (χ4n) is 16.3. The molecule has 0 saturated carbocycles. The summed E-state index contributed by atoms with van der Waals surface area (Å²) < 4.78 is 10.3. The van der Waals surface area contributed by atoms with Crippen LogP contribution in [0.5, 0.6) is 0 Å². The lowest BCUT2D eigenvalue weighted by Crippen LogP contribution is -2.61. The Bertz CT molecular complexity index is 5890. The molecule has 0 bridgehead atoms. The molecular weight excluding hydrogens is 1240 g/mol. The molecule has 470 valence electrons. The number of fused-ring (bicyclic) bond motifs is 12. The van der Waals surface area contributed by atoms with Crippen molar-refractivity contribution in [3.05, 3.63) is 370 Å². The SMILES string of the molecule is c1ccc(-c2cccc(-c3cc4c(c5oc6ccccc6c35)B3c5c(cc(-c6ccccc6)cc5N(c5ccc(-c6ccccc6)cc5-c5ccccc5)c5cc(-c6cccc(-c7ccccc7)c6)c6c(sc7ccccc76)c53)N4c3ccc(-c4ccccc4)cc3-c3ccccc3)c2)cc1. The van der Waals surface area contributed by atoms with E-state index in [1.54, 1.807) is 0 Å². The second kappa shape index (κ2) is 24.0. The molecule has 3 nitrogen and oxygen atoms in total. The first-order valence-corrected chi connectivity index (χ1v) is 35.5. The average molecular weight is 1300 g/mol. The third kappa shape index (κ3) is 9.72. The molecule has 0 radical (unpaired) electrons. The molecule has 0 N–H and O–H groups in total. The third-order valence-corrected chi connectivity index (χ3v) is 22.0. The monoisotopic (exact) mass is 1300 g/mol. The molecule has 101 heavy (non-hydrogen) atoms. The minimum Gasteiger partial charge on any atom is -0.456 e. The minimum atomic E-state index is -0.386. The van der Waals surface area contributed by atoms with Crippen LogP contribution in [0.4, 0.5) is 34.1 Å². The van der Waals surface area contributed by atoms with E-state index in [4.69, 9.17) is 4.42 Å². The topological polar surface area (TPSA) is 19.6 Å². The van der Waals surface area contributed by atoms with Gasteiger partial charge in [-0.2, -0.15) is 0 Å². The minimum absolute atomic E-state index is 0.386. The van der Waals surface area contributed by atoms with Crippen LogP contribution in [0.15, 0.2) is 374 Å². The van der Waals surface area contributed by atoms with Crippen LogP contribution in [-0.2, 0) is 0 Å². The Kier molecular flexibility index (Phi) is 13.9. The van der Waals surface area contributed by atoms with Crippen LogP contribution in [-0.4, -0.2) is 6.71 Å². The molecule has 0 fully saturated rings.